The summed E-state index contributed by atoms with van der Waals surface area (Å²) in [5, 5.41) is 20.6. The minimum absolute atomic E-state index is 0.0868. The molecule has 0 aromatic heterocycles. The molecule has 3 aliphatic rings. The molecule has 132 valence electrons. The molecule has 0 spiro atoms. The summed E-state index contributed by atoms with van der Waals surface area (Å²) >= 11 is 0. The highest BCUT2D eigenvalue weighted by atomic mass is 16.3. The minimum atomic E-state index is -0.437. The summed E-state index contributed by atoms with van der Waals surface area (Å²) in [6.45, 7) is 9.47. The van der Waals surface area contributed by atoms with Gasteiger partial charge in [0, 0.05) is 6.04 Å². The smallest absolute Gasteiger partial charge is 0.0621 e. The third kappa shape index (κ3) is 2.50. The maximum atomic E-state index is 10.7. The van der Waals surface area contributed by atoms with Crippen LogP contribution in [0.5, 0.6) is 0 Å². The molecule has 0 saturated heterocycles. The van der Waals surface area contributed by atoms with E-state index in [0.29, 0.717) is 30.7 Å². The molecule has 0 amide bonds. The Morgan fingerprint density at radius 3 is 2.43 bits per heavy atom. The van der Waals surface area contributed by atoms with Crippen LogP contribution in [0.1, 0.15) is 52.4 Å². The number of hydrogen-bond acceptors (Lipinski definition) is 4. The van der Waals surface area contributed by atoms with Crippen molar-refractivity contribution in [2.75, 3.05) is 6.54 Å². The van der Waals surface area contributed by atoms with Gasteiger partial charge in [0.1, 0.15) is 0 Å². The first-order valence-corrected chi connectivity index (χ1v) is 9.25. The Labute approximate surface area is 140 Å². The largest absolute Gasteiger partial charge is 0.393 e. The maximum absolute atomic E-state index is 10.7. The summed E-state index contributed by atoms with van der Waals surface area (Å²) in [7, 11) is 0. The Hall–Kier alpha value is -0.420. The van der Waals surface area contributed by atoms with Gasteiger partial charge < -0.3 is 21.7 Å². The lowest BCUT2D eigenvalue weighted by Crippen LogP contribution is -2.53. The molecule has 3 unspecified atom stereocenters. The quantitative estimate of drug-likeness (QED) is 0.583. The number of fused-ring (bicyclic) bond motifs is 1. The molecule has 3 fully saturated rings. The van der Waals surface area contributed by atoms with Gasteiger partial charge in [0.2, 0.25) is 0 Å². The van der Waals surface area contributed by atoms with Crippen molar-refractivity contribution < 1.29 is 10.2 Å². The van der Waals surface area contributed by atoms with Crippen molar-refractivity contribution in [2.45, 2.75) is 70.6 Å². The highest BCUT2D eigenvalue weighted by molar-refractivity contribution is 5.26. The molecule has 0 heterocycles. The molecular formula is C19H34N2O2. The van der Waals surface area contributed by atoms with Crippen LogP contribution in [0.3, 0.4) is 0 Å². The van der Waals surface area contributed by atoms with Crippen LogP contribution in [0.4, 0.5) is 0 Å². The Kier molecular flexibility index (Phi) is 4.41. The van der Waals surface area contributed by atoms with E-state index < -0.39 is 6.10 Å². The fourth-order valence-corrected chi connectivity index (χ4v) is 6.15. The van der Waals surface area contributed by atoms with Crippen LogP contribution < -0.4 is 11.5 Å². The third-order valence-electron chi connectivity index (χ3n) is 7.91. The molecule has 3 saturated carbocycles. The molecule has 0 bridgehead atoms. The molecular weight excluding hydrogens is 288 g/mol. The second kappa shape index (κ2) is 5.83. The zero-order valence-electron chi connectivity index (χ0n) is 14.7. The fourth-order valence-electron chi connectivity index (χ4n) is 6.15. The van der Waals surface area contributed by atoms with Crippen molar-refractivity contribution in [1.82, 2.24) is 0 Å². The predicted molar refractivity (Wildman–Crippen MR) is 92.6 cm³/mol. The second-order valence-corrected chi connectivity index (χ2v) is 8.89. The van der Waals surface area contributed by atoms with Crippen LogP contribution in [0, 0.1) is 28.6 Å². The van der Waals surface area contributed by atoms with E-state index in [0.717, 1.165) is 32.1 Å². The summed E-state index contributed by atoms with van der Waals surface area (Å²) in [4.78, 5) is 0. The van der Waals surface area contributed by atoms with Gasteiger partial charge in [0.25, 0.3) is 0 Å². The van der Waals surface area contributed by atoms with Crippen LogP contribution in [-0.4, -0.2) is 35.0 Å². The van der Waals surface area contributed by atoms with Gasteiger partial charge in [-0.1, -0.05) is 26.0 Å². The first-order valence-electron chi connectivity index (χ1n) is 9.25. The number of hydrogen-bond donors (Lipinski definition) is 4. The van der Waals surface area contributed by atoms with Gasteiger partial charge in [-0.2, -0.15) is 0 Å². The van der Waals surface area contributed by atoms with Gasteiger partial charge >= 0.3 is 0 Å². The number of aliphatic hydroxyl groups excluding tert-OH is 2. The summed E-state index contributed by atoms with van der Waals surface area (Å²) in [6.07, 6.45) is 4.51. The van der Waals surface area contributed by atoms with E-state index in [-0.39, 0.29) is 23.0 Å². The van der Waals surface area contributed by atoms with Gasteiger partial charge in [0.05, 0.1) is 12.2 Å². The van der Waals surface area contributed by atoms with Crippen molar-refractivity contribution in [3.8, 4) is 0 Å². The zero-order chi connectivity index (χ0) is 17.0. The lowest BCUT2D eigenvalue weighted by atomic mass is 9.51. The molecule has 3 rings (SSSR count). The Morgan fingerprint density at radius 2 is 1.83 bits per heavy atom. The van der Waals surface area contributed by atoms with E-state index >= 15 is 0 Å². The fraction of sp³-hybridized carbons (Fsp3) is 0.895. The summed E-state index contributed by atoms with van der Waals surface area (Å²) in [6, 6.07) is 0.0868. The average Bonchev–Trinajstić information content (AvgIpc) is 2.74. The number of rotatable bonds is 2. The molecule has 4 heteroatoms. The third-order valence-corrected chi connectivity index (χ3v) is 7.91. The summed E-state index contributed by atoms with van der Waals surface area (Å²) in [5.41, 5.74) is 13.7. The van der Waals surface area contributed by atoms with E-state index in [1.165, 1.54) is 5.57 Å². The van der Waals surface area contributed by atoms with Gasteiger partial charge in [-0.3, -0.25) is 0 Å². The van der Waals surface area contributed by atoms with Gasteiger partial charge in [-0.05, 0) is 73.7 Å². The van der Waals surface area contributed by atoms with Crippen LogP contribution in [-0.2, 0) is 0 Å². The van der Waals surface area contributed by atoms with Crippen LogP contribution in [0.25, 0.3) is 0 Å². The predicted octanol–water partition coefficient (Wildman–Crippen LogP) is 1.79. The maximum Gasteiger partial charge on any atom is 0.0621 e. The second-order valence-electron chi connectivity index (χ2n) is 8.89. The monoisotopic (exact) mass is 322 g/mol. The summed E-state index contributed by atoms with van der Waals surface area (Å²) in [5.74, 6) is 1.27. The van der Waals surface area contributed by atoms with Gasteiger partial charge in [-0.25, -0.2) is 0 Å². The molecule has 6 N–H and O–H groups in total. The number of aliphatic hydroxyl groups is 2. The molecule has 23 heavy (non-hydrogen) atoms. The SMILES string of the molecule is C=C1C(N)CC2[C@H](CN)C([C@@]3(C)CC[C@H](O)C[C@@H]3O)CC[C@]12C. The Morgan fingerprint density at radius 1 is 1.13 bits per heavy atom. The molecule has 0 aromatic rings. The van der Waals surface area contributed by atoms with Crippen molar-refractivity contribution in [3.05, 3.63) is 12.2 Å². The molecule has 0 radical (unpaired) electrons. The summed E-state index contributed by atoms with van der Waals surface area (Å²) < 4.78 is 0. The van der Waals surface area contributed by atoms with Crippen molar-refractivity contribution >= 4 is 0 Å². The van der Waals surface area contributed by atoms with Crippen LogP contribution >= 0.6 is 0 Å². The van der Waals surface area contributed by atoms with Gasteiger partial charge in [-0.15, -0.1) is 0 Å². The molecule has 0 aromatic carbocycles. The van der Waals surface area contributed by atoms with E-state index in [9.17, 15) is 10.2 Å². The van der Waals surface area contributed by atoms with Gasteiger partial charge in [0.15, 0.2) is 0 Å². The molecule has 0 aliphatic heterocycles. The Balaban J connectivity index is 1.89. The highest BCUT2D eigenvalue weighted by Crippen LogP contribution is 2.62. The van der Waals surface area contributed by atoms with Crippen LogP contribution in [0.2, 0.25) is 0 Å². The first-order chi connectivity index (χ1) is 10.7. The minimum Gasteiger partial charge on any atom is -0.393 e. The lowest BCUT2D eigenvalue weighted by Gasteiger charge is -2.55. The zero-order valence-corrected chi connectivity index (χ0v) is 14.7. The Bertz CT molecular complexity index is 482. The standard InChI is InChI=1S/C19H34N2O2/c1-11-16(21)9-15-13(10-20)14(5-7-18(11,15)2)19(3)6-4-12(22)8-17(19)23/h12-17,22-23H,1,4-10,20-21H2,2-3H3/t12-,13+,14?,15?,16?,17-,18+,19+/m0/s1. The number of nitrogens with two attached hydrogens (primary N) is 2. The van der Waals surface area contributed by atoms with Crippen LogP contribution in [0.15, 0.2) is 12.2 Å². The van der Waals surface area contributed by atoms with E-state index in [4.69, 9.17) is 11.5 Å². The average molecular weight is 322 g/mol. The van der Waals surface area contributed by atoms with Crippen molar-refractivity contribution in [2.24, 2.45) is 40.1 Å². The lowest BCUT2D eigenvalue weighted by molar-refractivity contribution is -0.117. The molecule has 3 aliphatic carbocycles. The molecule has 4 nitrogen and oxygen atoms in total. The normalized spacial score (nSPS) is 54.1. The topological polar surface area (TPSA) is 92.5 Å². The van der Waals surface area contributed by atoms with E-state index in [2.05, 4.69) is 20.4 Å². The first kappa shape index (κ1) is 17.4. The van der Waals surface area contributed by atoms with E-state index in [1.54, 1.807) is 0 Å². The van der Waals surface area contributed by atoms with Crippen molar-refractivity contribution in [3.63, 3.8) is 0 Å². The van der Waals surface area contributed by atoms with E-state index in [1.807, 2.05) is 0 Å². The van der Waals surface area contributed by atoms with Crippen molar-refractivity contribution in [1.29, 1.82) is 0 Å². The highest BCUT2D eigenvalue weighted by Gasteiger charge is 2.57. The molecule has 8 atom stereocenters.